The van der Waals surface area contributed by atoms with Crippen molar-refractivity contribution in [2.75, 3.05) is 31.2 Å². The second-order valence-corrected chi connectivity index (χ2v) is 11.1. The van der Waals surface area contributed by atoms with E-state index in [0.29, 0.717) is 68.1 Å². The van der Waals surface area contributed by atoms with Crippen LogP contribution in [0.2, 0.25) is 10.0 Å². The number of hydrogen-bond acceptors (Lipinski definition) is 11. The Balaban J connectivity index is 1.24. The smallest absolute Gasteiger partial charge is 0.233 e. The fourth-order valence-electron chi connectivity index (χ4n) is 4.25. The Morgan fingerprint density at radius 3 is 2.23 bits per heavy atom. The maximum Gasteiger partial charge on any atom is 0.233 e. The van der Waals surface area contributed by atoms with Crippen molar-refractivity contribution in [1.82, 2.24) is 29.9 Å². The van der Waals surface area contributed by atoms with Gasteiger partial charge in [0, 0.05) is 30.0 Å². The van der Waals surface area contributed by atoms with Gasteiger partial charge in [0.25, 0.3) is 0 Å². The van der Waals surface area contributed by atoms with E-state index in [2.05, 4.69) is 24.8 Å². The molecular weight excluding hydrogens is 577 g/mol. The van der Waals surface area contributed by atoms with Crippen LogP contribution in [0, 0.1) is 0 Å². The molecule has 39 heavy (non-hydrogen) atoms. The highest BCUT2D eigenvalue weighted by atomic mass is 35.5. The lowest BCUT2D eigenvalue weighted by Gasteiger charge is -2.28. The van der Waals surface area contributed by atoms with Gasteiger partial charge in [-0.25, -0.2) is 19.9 Å². The van der Waals surface area contributed by atoms with Crippen LogP contribution < -0.4 is 9.64 Å². The minimum absolute atomic E-state index is 0.335. The number of hydrogen-bond donors (Lipinski definition) is 0. The Kier molecular flexibility index (Phi) is 6.45. The molecule has 9 nitrogen and oxygen atoms in total. The second kappa shape index (κ2) is 10.2. The third-order valence-corrected chi connectivity index (χ3v) is 8.71. The first kappa shape index (κ1) is 24.6. The minimum atomic E-state index is 0.335. The Morgan fingerprint density at radius 2 is 1.51 bits per heavy atom. The molecule has 194 valence electrons. The summed E-state index contributed by atoms with van der Waals surface area (Å²) in [6, 6.07) is 9.20. The summed E-state index contributed by atoms with van der Waals surface area (Å²) in [7, 11) is 0. The van der Waals surface area contributed by atoms with Crippen molar-refractivity contribution in [3.63, 3.8) is 0 Å². The highest BCUT2D eigenvalue weighted by Gasteiger charge is 2.22. The molecule has 0 bridgehead atoms. The van der Waals surface area contributed by atoms with Crippen LogP contribution in [0.3, 0.4) is 0 Å². The largest absolute Gasteiger partial charge is 0.437 e. The number of thiophene rings is 2. The van der Waals surface area contributed by atoms with E-state index in [0.717, 1.165) is 29.1 Å². The normalized spacial score (nSPS) is 13.8. The number of nitrogens with zero attached hydrogens (tertiary/aromatic N) is 7. The first-order chi connectivity index (χ1) is 19.1. The number of anilines is 1. The number of pyridine rings is 2. The summed E-state index contributed by atoms with van der Waals surface area (Å²) in [5.41, 5.74) is 1.25. The van der Waals surface area contributed by atoms with E-state index in [1.165, 1.54) is 22.7 Å². The SMILES string of the molecule is Clc1csc2nc(-c3ccccn3)nc(Oc3ccc(-c4nc(N5CCOCC5)c5c(Cl)csc5n4)nc3)c12. The molecule has 0 N–H and O–H groups in total. The summed E-state index contributed by atoms with van der Waals surface area (Å²) in [5.74, 6) is 2.58. The number of fused-ring (bicyclic) bond motifs is 2. The van der Waals surface area contributed by atoms with E-state index >= 15 is 0 Å². The minimum Gasteiger partial charge on any atom is -0.437 e. The molecule has 7 heterocycles. The van der Waals surface area contributed by atoms with Gasteiger partial charge >= 0.3 is 0 Å². The summed E-state index contributed by atoms with van der Waals surface area (Å²) in [6.07, 6.45) is 3.31. The molecule has 6 aromatic heterocycles. The van der Waals surface area contributed by atoms with Crippen molar-refractivity contribution in [2.24, 2.45) is 0 Å². The lowest BCUT2D eigenvalue weighted by molar-refractivity contribution is 0.122. The van der Waals surface area contributed by atoms with Crippen molar-refractivity contribution < 1.29 is 9.47 Å². The fourth-order valence-corrected chi connectivity index (χ4v) is 6.56. The monoisotopic (exact) mass is 593 g/mol. The third-order valence-electron chi connectivity index (χ3n) is 6.11. The molecule has 0 atom stereocenters. The van der Waals surface area contributed by atoms with Crippen molar-refractivity contribution >= 4 is 72.1 Å². The van der Waals surface area contributed by atoms with E-state index in [1.807, 2.05) is 35.0 Å². The van der Waals surface area contributed by atoms with Crippen molar-refractivity contribution in [1.29, 1.82) is 0 Å². The molecule has 1 aliphatic rings. The summed E-state index contributed by atoms with van der Waals surface area (Å²) in [5, 5.41) is 6.37. The molecule has 0 aromatic carbocycles. The average molecular weight is 595 g/mol. The zero-order valence-corrected chi connectivity index (χ0v) is 23.2. The highest BCUT2D eigenvalue weighted by molar-refractivity contribution is 7.17. The molecule has 13 heteroatoms. The number of halogens is 2. The van der Waals surface area contributed by atoms with Crippen LogP contribution in [0.5, 0.6) is 11.6 Å². The first-order valence-electron chi connectivity index (χ1n) is 11.9. The Bertz CT molecular complexity index is 1810. The summed E-state index contributed by atoms with van der Waals surface area (Å²) < 4.78 is 11.7. The van der Waals surface area contributed by atoms with Crippen molar-refractivity contribution in [3.8, 4) is 34.7 Å². The quantitative estimate of drug-likeness (QED) is 0.215. The van der Waals surface area contributed by atoms with Gasteiger partial charge in [0.2, 0.25) is 5.88 Å². The highest BCUT2D eigenvalue weighted by Crippen LogP contribution is 2.39. The van der Waals surface area contributed by atoms with Gasteiger partial charge in [-0.3, -0.25) is 4.98 Å². The van der Waals surface area contributed by atoms with Crippen LogP contribution in [-0.4, -0.2) is 56.2 Å². The van der Waals surface area contributed by atoms with Crippen LogP contribution in [0.4, 0.5) is 5.82 Å². The number of rotatable bonds is 5. The number of morpholine rings is 1. The van der Waals surface area contributed by atoms with Gasteiger partial charge in [0.15, 0.2) is 11.6 Å². The van der Waals surface area contributed by atoms with E-state index in [9.17, 15) is 0 Å². The predicted octanol–water partition coefficient (Wildman–Crippen LogP) is 6.76. The molecule has 7 rings (SSSR count). The van der Waals surface area contributed by atoms with Gasteiger partial charge in [-0.2, -0.15) is 4.98 Å². The van der Waals surface area contributed by atoms with Gasteiger partial charge in [0.1, 0.15) is 32.6 Å². The standard InChI is InChI=1S/C26H17Cl2N7O2S2/c27-15-12-38-25-19(15)23(35-7-9-36-10-8-35)31-21(33-25)18-5-4-14(11-30-18)37-24-20-16(28)13-39-26(20)34-22(32-24)17-3-1-2-6-29-17/h1-6,11-13H,7-10H2. The van der Waals surface area contributed by atoms with Crippen molar-refractivity contribution in [3.05, 3.63) is 63.5 Å². The first-order valence-corrected chi connectivity index (χ1v) is 14.4. The van der Waals surface area contributed by atoms with Gasteiger partial charge in [-0.1, -0.05) is 29.3 Å². The lowest BCUT2D eigenvalue weighted by Crippen LogP contribution is -2.37. The molecule has 1 saturated heterocycles. The molecule has 0 aliphatic carbocycles. The number of aromatic nitrogens is 6. The van der Waals surface area contributed by atoms with Gasteiger partial charge in [0.05, 0.1) is 40.2 Å². The predicted molar refractivity (Wildman–Crippen MR) is 154 cm³/mol. The van der Waals surface area contributed by atoms with Crippen LogP contribution in [0.25, 0.3) is 43.5 Å². The molecule has 1 aliphatic heterocycles. The maximum absolute atomic E-state index is 6.51. The van der Waals surface area contributed by atoms with Gasteiger partial charge < -0.3 is 14.4 Å². The van der Waals surface area contributed by atoms with Crippen molar-refractivity contribution in [2.45, 2.75) is 0 Å². The maximum atomic E-state index is 6.51. The molecule has 6 aromatic rings. The van der Waals surface area contributed by atoms with Crippen LogP contribution in [0.15, 0.2) is 53.5 Å². The fraction of sp³-hybridized carbons (Fsp3) is 0.154. The molecule has 0 radical (unpaired) electrons. The molecule has 0 amide bonds. The van der Waals surface area contributed by atoms with E-state index < -0.39 is 0 Å². The van der Waals surface area contributed by atoms with Gasteiger partial charge in [-0.15, -0.1) is 22.7 Å². The van der Waals surface area contributed by atoms with E-state index in [-0.39, 0.29) is 0 Å². The van der Waals surface area contributed by atoms with Crippen LogP contribution in [-0.2, 0) is 4.74 Å². The molecule has 0 unspecified atom stereocenters. The zero-order valence-electron chi connectivity index (χ0n) is 20.0. The second-order valence-electron chi connectivity index (χ2n) is 8.55. The Hall–Kier alpha value is -3.48. The summed E-state index contributed by atoms with van der Waals surface area (Å²) in [6.45, 7) is 2.74. The summed E-state index contributed by atoms with van der Waals surface area (Å²) >= 11 is 15.9. The van der Waals surface area contributed by atoms with Crippen LogP contribution >= 0.6 is 45.9 Å². The summed E-state index contributed by atoms with van der Waals surface area (Å²) in [4.78, 5) is 31.5. The molecule has 1 fully saturated rings. The number of ether oxygens (including phenoxy) is 2. The molecular formula is C26H17Cl2N7O2S2. The van der Waals surface area contributed by atoms with Gasteiger partial charge in [-0.05, 0) is 24.3 Å². The topological polar surface area (TPSA) is 99.0 Å². The Labute approximate surface area is 240 Å². The Morgan fingerprint density at radius 1 is 0.795 bits per heavy atom. The van der Waals surface area contributed by atoms with E-state index in [4.69, 9.17) is 42.6 Å². The van der Waals surface area contributed by atoms with E-state index in [1.54, 1.807) is 18.5 Å². The van der Waals surface area contributed by atoms with Crippen LogP contribution in [0.1, 0.15) is 0 Å². The third kappa shape index (κ3) is 4.66. The molecule has 0 spiro atoms. The molecule has 0 saturated carbocycles. The zero-order chi connectivity index (χ0) is 26.3. The average Bonchev–Trinajstić information content (AvgIpc) is 3.56. The lowest BCUT2D eigenvalue weighted by atomic mass is 10.3.